The van der Waals surface area contributed by atoms with Crippen LogP contribution in [0.4, 0.5) is 10.5 Å². The van der Waals surface area contributed by atoms with Crippen molar-refractivity contribution in [1.82, 2.24) is 5.32 Å². The fourth-order valence-electron chi connectivity index (χ4n) is 7.88. The van der Waals surface area contributed by atoms with Crippen molar-refractivity contribution in [2.24, 2.45) is 17.8 Å². The van der Waals surface area contributed by atoms with E-state index in [1.54, 1.807) is 18.2 Å². The number of furan rings is 1. The van der Waals surface area contributed by atoms with Crippen molar-refractivity contribution in [3.8, 4) is 11.3 Å². The summed E-state index contributed by atoms with van der Waals surface area (Å²) in [6.07, 6.45) is 8.93. The molecule has 41 heavy (non-hydrogen) atoms. The number of carbonyl (C=O) groups excluding carboxylic acids is 3. The van der Waals surface area contributed by atoms with Crippen LogP contribution in [0.5, 0.6) is 0 Å². The molecule has 9 heteroatoms. The molecule has 0 atom stereocenters. The van der Waals surface area contributed by atoms with E-state index in [9.17, 15) is 24.3 Å². The molecular formula is C32H27ClN2O6. The Balaban J connectivity index is 1.15. The van der Waals surface area contributed by atoms with Gasteiger partial charge in [-0.05, 0) is 116 Å². The number of aromatic carboxylic acids is 1. The zero-order valence-electron chi connectivity index (χ0n) is 22.1. The Labute approximate surface area is 241 Å². The van der Waals surface area contributed by atoms with Crippen LogP contribution in [0.1, 0.15) is 60.2 Å². The number of hydrogen-bond acceptors (Lipinski definition) is 5. The number of hydrogen-bond donors (Lipinski definition) is 2. The highest BCUT2D eigenvalue weighted by atomic mass is 35.5. The van der Waals surface area contributed by atoms with Crippen molar-refractivity contribution in [2.75, 3.05) is 4.90 Å². The Hall–Kier alpha value is -4.17. The maximum absolute atomic E-state index is 13.5. The third-order valence-corrected chi connectivity index (χ3v) is 9.60. The van der Waals surface area contributed by atoms with Crippen LogP contribution in [-0.4, -0.2) is 28.9 Å². The highest BCUT2D eigenvalue weighted by Gasteiger charge is 2.51. The second-order valence-corrected chi connectivity index (χ2v) is 12.3. The number of anilines is 1. The lowest BCUT2D eigenvalue weighted by molar-refractivity contribution is -0.122. The van der Waals surface area contributed by atoms with Crippen molar-refractivity contribution >= 4 is 47.2 Å². The molecule has 5 fully saturated rings. The summed E-state index contributed by atoms with van der Waals surface area (Å²) in [6.45, 7) is 0. The molecule has 8 rings (SSSR count). The van der Waals surface area contributed by atoms with E-state index < -0.39 is 23.8 Å². The van der Waals surface area contributed by atoms with Crippen molar-refractivity contribution < 1.29 is 28.7 Å². The molecule has 4 bridgehead atoms. The summed E-state index contributed by atoms with van der Waals surface area (Å²) < 4.78 is 5.80. The topological polar surface area (TPSA) is 117 Å². The van der Waals surface area contributed by atoms with Crippen LogP contribution < -0.4 is 10.2 Å². The Bertz CT molecular complexity index is 1620. The minimum atomic E-state index is -1.11. The van der Waals surface area contributed by atoms with Gasteiger partial charge in [0.1, 0.15) is 17.1 Å². The van der Waals surface area contributed by atoms with Gasteiger partial charge in [0, 0.05) is 5.56 Å². The third kappa shape index (κ3) is 4.37. The highest BCUT2D eigenvalue weighted by molar-refractivity contribution is 6.39. The number of carbonyl (C=O) groups is 4. The second-order valence-electron chi connectivity index (χ2n) is 11.9. The van der Waals surface area contributed by atoms with E-state index in [1.807, 2.05) is 12.1 Å². The first-order valence-electron chi connectivity index (χ1n) is 13.8. The number of halogens is 1. The number of barbiturate groups is 1. The van der Waals surface area contributed by atoms with E-state index in [-0.39, 0.29) is 33.1 Å². The van der Waals surface area contributed by atoms with Crippen LogP contribution in [0, 0.1) is 17.8 Å². The van der Waals surface area contributed by atoms with Crippen molar-refractivity contribution in [3.05, 3.63) is 82.1 Å². The van der Waals surface area contributed by atoms with Crippen molar-refractivity contribution in [3.63, 3.8) is 0 Å². The Morgan fingerprint density at radius 2 is 1.61 bits per heavy atom. The Morgan fingerprint density at radius 3 is 2.24 bits per heavy atom. The van der Waals surface area contributed by atoms with Crippen LogP contribution >= 0.6 is 11.6 Å². The van der Waals surface area contributed by atoms with Gasteiger partial charge in [-0.3, -0.25) is 14.9 Å². The molecule has 8 nitrogen and oxygen atoms in total. The molecule has 1 saturated heterocycles. The molecule has 5 aliphatic rings. The summed E-state index contributed by atoms with van der Waals surface area (Å²) in [4.78, 5) is 51.3. The smallest absolute Gasteiger partial charge is 0.335 e. The molecule has 0 spiro atoms. The minimum absolute atomic E-state index is 0.0332. The van der Waals surface area contributed by atoms with Gasteiger partial charge in [0.15, 0.2) is 0 Å². The lowest BCUT2D eigenvalue weighted by atomic mass is 9.48. The predicted octanol–water partition coefficient (Wildman–Crippen LogP) is 6.43. The molecule has 4 saturated carbocycles. The molecule has 2 aromatic carbocycles. The summed E-state index contributed by atoms with van der Waals surface area (Å²) in [5.41, 5.74) is 1.97. The van der Waals surface area contributed by atoms with E-state index >= 15 is 0 Å². The quantitative estimate of drug-likeness (QED) is 0.269. The highest BCUT2D eigenvalue weighted by Crippen LogP contribution is 2.60. The number of benzene rings is 2. The van der Waals surface area contributed by atoms with Gasteiger partial charge in [-0.25, -0.2) is 14.5 Å². The first-order valence-corrected chi connectivity index (χ1v) is 14.2. The molecule has 2 N–H and O–H groups in total. The van der Waals surface area contributed by atoms with Crippen LogP contribution in [-0.2, 0) is 15.0 Å². The van der Waals surface area contributed by atoms with Gasteiger partial charge >= 0.3 is 12.0 Å². The summed E-state index contributed by atoms with van der Waals surface area (Å²) >= 11 is 6.25. The van der Waals surface area contributed by atoms with Crippen molar-refractivity contribution in [1.29, 1.82) is 0 Å². The number of urea groups is 1. The molecule has 3 aromatic rings. The van der Waals surface area contributed by atoms with Crippen LogP contribution in [0.15, 0.2) is 64.6 Å². The van der Waals surface area contributed by atoms with Gasteiger partial charge in [0.05, 0.1) is 16.3 Å². The van der Waals surface area contributed by atoms with Crippen LogP contribution in [0.2, 0.25) is 5.02 Å². The zero-order chi connectivity index (χ0) is 28.5. The maximum Gasteiger partial charge on any atom is 0.335 e. The standard InChI is InChI=1S/C32H27ClN2O6/c33-26-7-1-20(30(38)39)12-24(26)27-8-6-23(41-27)13-25-28(36)34-31(40)35(29(25)37)22-4-2-21(3-5-22)32-14-17-9-18(15-32)11-19(10-17)16-32/h1-8,12-13,17-19H,9-11,14-16H2,(H,38,39)(H,34,36,40)/b25-13-. The van der Waals surface area contributed by atoms with Crippen LogP contribution in [0.3, 0.4) is 0 Å². The van der Waals surface area contributed by atoms with Gasteiger partial charge in [-0.2, -0.15) is 0 Å². The molecule has 4 amide bonds. The average Bonchev–Trinajstić information content (AvgIpc) is 3.39. The molecular weight excluding hydrogens is 544 g/mol. The number of carboxylic acid groups (broad SMARTS) is 1. The van der Waals surface area contributed by atoms with E-state index in [1.165, 1.54) is 74.4 Å². The van der Waals surface area contributed by atoms with Gasteiger partial charge < -0.3 is 9.52 Å². The van der Waals surface area contributed by atoms with Gasteiger partial charge in [0.2, 0.25) is 0 Å². The summed E-state index contributed by atoms with van der Waals surface area (Å²) in [7, 11) is 0. The number of nitrogens with zero attached hydrogens (tertiary/aromatic N) is 1. The molecule has 0 radical (unpaired) electrons. The molecule has 208 valence electrons. The van der Waals surface area contributed by atoms with Gasteiger partial charge in [0.25, 0.3) is 11.8 Å². The third-order valence-electron chi connectivity index (χ3n) is 9.27. The largest absolute Gasteiger partial charge is 0.478 e. The SMILES string of the molecule is O=C1NC(=O)N(c2ccc(C34CC5CC(CC(C5)C3)C4)cc2)C(=O)/C1=C\c1ccc(-c2cc(C(=O)O)ccc2Cl)o1. The molecule has 0 unspecified atom stereocenters. The zero-order valence-corrected chi connectivity index (χ0v) is 22.8. The minimum Gasteiger partial charge on any atom is -0.478 e. The fraction of sp³-hybridized carbons (Fsp3) is 0.312. The first kappa shape index (κ1) is 25.8. The monoisotopic (exact) mass is 570 g/mol. The first-order chi connectivity index (χ1) is 19.7. The number of carboxylic acids is 1. The van der Waals surface area contributed by atoms with E-state index in [0.29, 0.717) is 11.3 Å². The lowest BCUT2D eigenvalue weighted by Gasteiger charge is -2.57. The number of amides is 4. The maximum atomic E-state index is 13.5. The van der Waals surface area contributed by atoms with Crippen molar-refractivity contribution in [2.45, 2.75) is 43.9 Å². The molecule has 1 aliphatic heterocycles. The van der Waals surface area contributed by atoms with E-state index in [0.717, 1.165) is 22.7 Å². The predicted molar refractivity (Wildman–Crippen MR) is 151 cm³/mol. The Morgan fingerprint density at radius 1 is 0.951 bits per heavy atom. The average molecular weight is 571 g/mol. The Kier molecular flexibility index (Phi) is 5.94. The second kappa shape index (κ2) is 9.45. The lowest BCUT2D eigenvalue weighted by Crippen LogP contribution is -2.54. The van der Waals surface area contributed by atoms with E-state index in [4.69, 9.17) is 16.0 Å². The number of imide groups is 2. The van der Waals surface area contributed by atoms with E-state index in [2.05, 4.69) is 5.32 Å². The van der Waals surface area contributed by atoms with Gasteiger partial charge in [-0.15, -0.1) is 0 Å². The number of nitrogens with one attached hydrogen (secondary N) is 1. The van der Waals surface area contributed by atoms with Crippen LogP contribution in [0.25, 0.3) is 17.4 Å². The number of rotatable bonds is 5. The van der Waals surface area contributed by atoms with Gasteiger partial charge in [-0.1, -0.05) is 23.7 Å². The molecule has 4 aliphatic carbocycles. The molecule has 2 heterocycles. The fourth-order valence-corrected chi connectivity index (χ4v) is 8.10. The normalized spacial score (nSPS) is 27.9. The summed E-state index contributed by atoms with van der Waals surface area (Å²) in [5, 5.41) is 11.8. The summed E-state index contributed by atoms with van der Waals surface area (Å²) in [6, 6.07) is 14.2. The molecule has 1 aromatic heterocycles. The summed E-state index contributed by atoms with van der Waals surface area (Å²) in [5.74, 6) is 0.131.